The van der Waals surface area contributed by atoms with Gasteiger partial charge in [0.05, 0.1) is 17.2 Å². The van der Waals surface area contributed by atoms with Crippen LogP contribution in [0, 0.1) is 0 Å². The monoisotopic (exact) mass is 424 g/mol. The first-order chi connectivity index (χ1) is 13.3. The first kappa shape index (κ1) is 22.0. The summed E-state index contributed by atoms with van der Waals surface area (Å²) in [7, 11) is -3.96. The Morgan fingerprint density at radius 3 is 2.25 bits per heavy atom. The van der Waals surface area contributed by atoms with Crippen LogP contribution in [-0.2, 0) is 14.8 Å². The molecule has 0 spiro atoms. The number of hydrogen-bond donors (Lipinski definition) is 1. The number of rotatable bonds is 9. The Morgan fingerprint density at radius 2 is 1.71 bits per heavy atom. The highest BCUT2D eigenvalue weighted by Gasteiger charge is 2.27. The second-order valence-electron chi connectivity index (χ2n) is 6.27. The van der Waals surface area contributed by atoms with Gasteiger partial charge in [0.25, 0.3) is 10.0 Å². The Balaban J connectivity index is 2.40. The van der Waals surface area contributed by atoms with E-state index in [1.807, 2.05) is 20.8 Å². The molecule has 2 aromatic rings. The highest BCUT2D eigenvalue weighted by Crippen LogP contribution is 2.26. The number of ether oxygens (including phenoxy) is 1. The fourth-order valence-corrected chi connectivity index (χ4v) is 4.02. The number of carbonyl (C=O) groups is 1. The Labute approximate surface area is 171 Å². The summed E-state index contributed by atoms with van der Waals surface area (Å²) in [6, 6.07) is 12.4. The van der Waals surface area contributed by atoms with Crippen molar-refractivity contribution in [3.8, 4) is 5.75 Å². The average Bonchev–Trinajstić information content (AvgIpc) is 2.67. The quantitative estimate of drug-likeness (QED) is 0.663. The first-order valence-corrected chi connectivity index (χ1v) is 10.9. The van der Waals surface area contributed by atoms with Gasteiger partial charge in [-0.05, 0) is 68.8 Å². The number of halogens is 1. The molecule has 1 amide bonds. The number of hydrogen-bond acceptors (Lipinski definition) is 4. The van der Waals surface area contributed by atoms with Crippen LogP contribution < -0.4 is 14.4 Å². The highest BCUT2D eigenvalue weighted by molar-refractivity contribution is 7.92. The van der Waals surface area contributed by atoms with Gasteiger partial charge in [-0.1, -0.05) is 18.5 Å². The summed E-state index contributed by atoms with van der Waals surface area (Å²) in [5, 5.41) is 3.23. The van der Waals surface area contributed by atoms with Crippen LogP contribution in [0.1, 0.15) is 27.2 Å². The fraction of sp³-hybridized carbons (Fsp3) is 0.350. The molecule has 152 valence electrons. The smallest absolute Gasteiger partial charge is 0.264 e. The number of amides is 1. The Hall–Kier alpha value is -2.25. The summed E-state index contributed by atoms with van der Waals surface area (Å²) in [6.45, 7) is 5.85. The molecule has 0 saturated carbocycles. The molecular weight excluding hydrogens is 400 g/mol. The van der Waals surface area contributed by atoms with Gasteiger partial charge in [0.2, 0.25) is 5.91 Å². The number of nitrogens with zero attached hydrogens (tertiary/aromatic N) is 1. The van der Waals surface area contributed by atoms with E-state index in [0.717, 1.165) is 10.7 Å². The normalized spacial score (nSPS) is 12.3. The topological polar surface area (TPSA) is 75.7 Å². The summed E-state index contributed by atoms with van der Waals surface area (Å²) in [5.74, 6) is 0.250. The van der Waals surface area contributed by atoms with Crippen molar-refractivity contribution in [3.63, 3.8) is 0 Å². The van der Waals surface area contributed by atoms with Gasteiger partial charge in [0, 0.05) is 11.1 Å². The minimum Gasteiger partial charge on any atom is -0.494 e. The van der Waals surface area contributed by atoms with Crippen molar-refractivity contribution < 1.29 is 17.9 Å². The van der Waals surface area contributed by atoms with Gasteiger partial charge in [-0.15, -0.1) is 0 Å². The molecule has 6 nitrogen and oxygen atoms in total. The molecular formula is C20H25ClN2O4S. The van der Waals surface area contributed by atoms with Crippen LogP contribution in [-0.4, -0.2) is 33.5 Å². The summed E-state index contributed by atoms with van der Waals surface area (Å²) in [5.41, 5.74) is 0.373. The van der Waals surface area contributed by atoms with E-state index in [-0.39, 0.29) is 23.4 Å². The van der Waals surface area contributed by atoms with Crippen molar-refractivity contribution in [1.82, 2.24) is 5.32 Å². The Bertz CT molecular complexity index is 883. The van der Waals surface area contributed by atoms with Gasteiger partial charge in [0.1, 0.15) is 12.3 Å². The lowest BCUT2D eigenvalue weighted by Crippen LogP contribution is -2.43. The summed E-state index contributed by atoms with van der Waals surface area (Å²) in [4.78, 5) is 12.5. The molecule has 0 bridgehead atoms. The maximum Gasteiger partial charge on any atom is 0.264 e. The van der Waals surface area contributed by atoms with E-state index in [0.29, 0.717) is 23.1 Å². The molecule has 0 heterocycles. The average molecular weight is 425 g/mol. The van der Waals surface area contributed by atoms with Crippen molar-refractivity contribution in [3.05, 3.63) is 53.6 Å². The van der Waals surface area contributed by atoms with E-state index in [2.05, 4.69) is 5.32 Å². The lowest BCUT2D eigenvalue weighted by Gasteiger charge is -2.25. The van der Waals surface area contributed by atoms with Crippen molar-refractivity contribution in [1.29, 1.82) is 0 Å². The van der Waals surface area contributed by atoms with E-state index in [9.17, 15) is 13.2 Å². The molecule has 0 saturated heterocycles. The van der Waals surface area contributed by atoms with Crippen LogP contribution in [0.4, 0.5) is 5.69 Å². The lowest BCUT2D eigenvalue weighted by atomic mass is 10.2. The zero-order valence-corrected chi connectivity index (χ0v) is 17.8. The Kier molecular flexibility index (Phi) is 7.71. The van der Waals surface area contributed by atoms with Crippen LogP contribution in [0.2, 0.25) is 5.02 Å². The molecule has 0 fully saturated rings. The van der Waals surface area contributed by atoms with E-state index < -0.39 is 10.0 Å². The fourth-order valence-electron chi connectivity index (χ4n) is 2.48. The number of anilines is 1. The number of nitrogens with one attached hydrogen (secondary N) is 1. The van der Waals surface area contributed by atoms with Gasteiger partial charge >= 0.3 is 0 Å². The molecule has 2 rings (SSSR count). The largest absolute Gasteiger partial charge is 0.494 e. The van der Waals surface area contributed by atoms with Crippen molar-refractivity contribution in [2.45, 2.75) is 38.1 Å². The van der Waals surface area contributed by atoms with Crippen LogP contribution in [0.15, 0.2) is 53.4 Å². The number of carbonyl (C=O) groups excluding carboxylic acids is 1. The molecule has 0 radical (unpaired) electrons. The predicted octanol–water partition coefficient (Wildman–Crippen LogP) is 3.85. The van der Waals surface area contributed by atoms with Crippen molar-refractivity contribution in [2.75, 3.05) is 17.5 Å². The van der Waals surface area contributed by atoms with E-state index in [4.69, 9.17) is 16.3 Å². The zero-order chi connectivity index (χ0) is 20.7. The summed E-state index contributed by atoms with van der Waals surface area (Å²) in [6.07, 6.45) is 0.749. The van der Waals surface area contributed by atoms with E-state index in [1.165, 1.54) is 24.3 Å². The molecule has 1 atom stereocenters. The van der Waals surface area contributed by atoms with Gasteiger partial charge in [-0.25, -0.2) is 8.42 Å². The molecule has 1 N–H and O–H groups in total. The van der Waals surface area contributed by atoms with Gasteiger partial charge in [0.15, 0.2) is 0 Å². The maximum atomic E-state index is 13.2. The predicted molar refractivity (Wildman–Crippen MR) is 111 cm³/mol. The van der Waals surface area contributed by atoms with Gasteiger partial charge in [-0.3, -0.25) is 9.10 Å². The third-order valence-corrected chi connectivity index (χ3v) is 6.18. The standard InChI is InChI=1S/C20H25ClN2O4S/c1-4-15(3)22-20(24)14-23(17-8-10-18(11-9-17)27-5-2)28(25,26)19-12-6-16(21)7-13-19/h6-13,15H,4-5,14H2,1-3H3,(H,22,24)/t15-/m0/s1. The second-order valence-corrected chi connectivity index (χ2v) is 8.57. The number of benzene rings is 2. The SMILES string of the molecule is CCOc1ccc(N(CC(=O)N[C@@H](C)CC)S(=O)(=O)c2ccc(Cl)cc2)cc1. The number of sulfonamides is 1. The minimum atomic E-state index is -3.96. The molecule has 0 aliphatic heterocycles. The van der Waals surface area contributed by atoms with Crippen LogP contribution in [0.3, 0.4) is 0 Å². The Morgan fingerprint density at radius 1 is 1.11 bits per heavy atom. The molecule has 0 unspecified atom stereocenters. The summed E-state index contributed by atoms with van der Waals surface area (Å²) >= 11 is 5.88. The zero-order valence-electron chi connectivity index (χ0n) is 16.2. The first-order valence-electron chi connectivity index (χ1n) is 9.08. The third-order valence-electron chi connectivity index (χ3n) is 4.14. The molecule has 2 aromatic carbocycles. The van der Waals surface area contributed by atoms with Crippen LogP contribution in [0.25, 0.3) is 0 Å². The van der Waals surface area contributed by atoms with E-state index >= 15 is 0 Å². The highest BCUT2D eigenvalue weighted by atomic mass is 35.5. The van der Waals surface area contributed by atoms with E-state index in [1.54, 1.807) is 24.3 Å². The molecule has 0 aromatic heterocycles. The molecule has 8 heteroatoms. The third kappa shape index (κ3) is 5.62. The van der Waals surface area contributed by atoms with Gasteiger partial charge in [-0.2, -0.15) is 0 Å². The van der Waals surface area contributed by atoms with Crippen LogP contribution in [0.5, 0.6) is 5.75 Å². The molecule has 28 heavy (non-hydrogen) atoms. The minimum absolute atomic E-state index is 0.0482. The lowest BCUT2D eigenvalue weighted by molar-refractivity contribution is -0.120. The maximum absolute atomic E-state index is 13.2. The van der Waals surface area contributed by atoms with Crippen LogP contribution >= 0.6 is 11.6 Å². The molecule has 0 aliphatic carbocycles. The summed E-state index contributed by atoms with van der Waals surface area (Å²) < 4.78 is 32.9. The molecule has 0 aliphatic rings. The van der Waals surface area contributed by atoms with Crippen molar-refractivity contribution >= 4 is 33.2 Å². The second kappa shape index (κ2) is 9.80. The van der Waals surface area contributed by atoms with Gasteiger partial charge < -0.3 is 10.1 Å². The van der Waals surface area contributed by atoms with Crippen molar-refractivity contribution in [2.24, 2.45) is 0 Å².